The topological polar surface area (TPSA) is 103 Å². The fourth-order valence-electron chi connectivity index (χ4n) is 2.99. The van der Waals surface area contributed by atoms with E-state index in [2.05, 4.69) is 20.3 Å². The van der Waals surface area contributed by atoms with Crippen molar-refractivity contribution >= 4 is 16.9 Å². The van der Waals surface area contributed by atoms with Gasteiger partial charge in [-0.05, 0) is 37.9 Å². The maximum absolute atomic E-state index is 13.5. The fraction of sp³-hybridized carbons (Fsp3) is 0.350. The van der Waals surface area contributed by atoms with Crippen LogP contribution in [0.25, 0.3) is 22.2 Å². The van der Waals surface area contributed by atoms with E-state index in [0.717, 1.165) is 32.0 Å². The number of hydrogen-bond donors (Lipinski definition) is 3. The van der Waals surface area contributed by atoms with Crippen LogP contribution >= 0.6 is 0 Å². The van der Waals surface area contributed by atoms with Crippen molar-refractivity contribution < 1.29 is 13.2 Å². The van der Waals surface area contributed by atoms with E-state index in [-0.39, 0.29) is 17.7 Å². The van der Waals surface area contributed by atoms with Crippen molar-refractivity contribution in [1.82, 2.24) is 15.0 Å². The normalized spacial score (nSPS) is 13.9. The second-order valence-electron chi connectivity index (χ2n) is 6.71. The molecule has 1 aliphatic carbocycles. The molecule has 3 aromatic rings. The van der Waals surface area contributed by atoms with E-state index in [0.29, 0.717) is 22.0 Å². The van der Waals surface area contributed by atoms with Crippen LogP contribution in [0.1, 0.15) is 37.3 Å². The van der Waals surface area contributed by atoms with E-state index < -0.39 is 11.7 Å². The number of nitrogens with one attached hydrogen (secondary N) is 2. The Labute approximate surface area is 166 Å². The molecule has 0 amide bonds. The second kappa shape index (κ2) is 8.49. The summed E-state index contributed by atoms with van der Waals surface area (Å²) in [6.45, 7) is 2.65. The standard InChI is InChI=1S/C18H14F3N5.C2H7N/c19-18(20,21)14-9-24-17(25-11-2-1-3-11)26-16(14)13-8-23-15-6-10(7-22)4-5-12(13)15;1-2-3/h4-6,8-9,11,23H,1-3H2,(H,24,25,26);2-3H2,1H3. The van der Waals surface area contributed by atoms with Gasteiger partial charge in [0.1, 0.15) is 5.56 Å². The number of nitrogens with zero attached hydrogens (tertiary/aromatic N) is 3. The minimum Gasteiger partial charge on any atom is -0.360 e. The van der Waals surface area contributed by atoms with E-state index in [1.807, 2.05) is 13.0 Å². The third-order valence-electron chi connectivity index (χ3n) is 4.60. The Morgan fingerprint density at radius 1 is 1.34 bits per heavy atom. The van der Waals surface area contributed by atoms with Crippen molar-refractivity contribution in [2.75, 3.05) is 11.9 Å². The molecule has 152 valence electrons. The van der Waals surface area contributed by atoms with Gasteiger partial charge in [-0.2, -0.15) is 18.4 Å². The van der Waals surface area contributed by atoms with Crippen molar-refractivity contribution in [2.45, 2.75) is 38.4 Å². The number of benzene rings is 1. The molecule has 1 fully saturated rings. The lowest BCUT2D eigenvalue weighted by atomic mass is 9.93. The molecule has 29 heavy (non-hydrogen) atoms. The molecule has 1 aromatic carbocycles. The van der Waals surface area contributed by atoms with E-state index in [1.165, 1.54) is 6.20 Å². The van der Waals surface area contributed by atoms with Crippen LogP contribution in [-0.4, -0.2) is 27.5 Å². The lowest BCUT2D eigenvalue weighted by Crippen LogP contribution is -2.28. The highest BCUT2D eigenvalue weighted by Gasteiger charge is 2.36. The first-order valence-corrected chi connectivity index (χ1v) is 9.29. The van der Waals surface area contributed by atoms with Crippen LogP contribution in [0.4, 0.5) is 19.1 Å². The van der Waals surface area contributed by atoms with Crippen LogP contribution < -0.4 is 11.1 Å². The zero-order valence-electron chi connectivity index (χ0n) is 15.8. The van der Waals surface area contributed by atoms with Crippen molar-refractivity contribution in [3.63, 3.8) is 0 Å². The van der Waals surface area contributed by atoms with Gasteiger partial charge < -0.3 is 16.0 Å². The van der Waals surface area contributed by atoms with Gasteiger partial charge in [0.25, 0.3) is 0 Å². The summed E-state index contributed by atoms with van der Waals surface area (Å²) >= 11 is 0. The summed E-state index contributed by atoms with van der Waals surface area (Å²) in [5, 5.41) is 12.6. The molecule has 0 bridgehead atoms. The number of aromatic nitrogens is 3. The molecule has 0 radical (unpaired) electrons. The van der Waals surface area contributed by atoms with Crippen molar-refractivity contribution in [2.24, 2.45) is 5.73 Å². The molecular formula is C20H21F3N6. The van der Waals surface area contributed by atoms with Gasteiger partial charge in [0.2, 0.25) is 5.95 Å². The highest BCUT2D eigenvalue weighted by molar-refractivity contribution is 5.96. The Kier molecular flexibility index (Phi) is 6.03. The first-order valence-electron chi connectivity index (χ1n) is 9.29. The Bertz CT molecular complexity index is 1030. The number of nitriles is 1. The van der Waals surface area contributed by atoms with Crippen molar-refractivity contribution in [1.29, 1.82) is 5.26 Å². The summed E-state index contributed by atoms with van der Waals surface area (Å²) in [5.41, 5.74) is 5.12. The fourth-order valence-corrected chi connectivity index (χ4v) is 2.99. The third-order valence-corrected chi connectivity index (χ3v) is 4.60. The molecule has 4 N–H and O–H groups in total. The maximum atomic E-state index is 13.5. The van der Waals surface area contributed by atoms with Crippen LogP contribution in [0, 0.1) is 11.3 Å². The van der Waals surface area contributed by atoms with E-state index in [1.54, 1.807) is 18.2 Å². The second-order valence-corrected chi connectivity index (χ2v) is 6.71. The number of anilines is 1. The van der Waals surface area contributed by atoms with Crippen molar-refractivity contribution in [3.05, 3.63) is 41.7 Å². The number of halogens is 3. The molecule has 0 aliphatic heterocycles. The summed E-state index contributed by atoms with van der Waals surface area (Å²) in [5.74, 6) is 0.195. The van der Waals surface area contributed by atoms with Gasteiger partial charge in [0.05, 0.1) is 17.3 Å². The number of hydrogen-bond acceptors (Lipinski definition) is 5. The minimum absolute atomic E-state index is 0.176. The number of aromatic amines is 1. The highest BCUT2D eigenvalue weighted by Crippen LogP contribution is 2.39. The van der Waals surface area contributed by atoms with Gasteiger partial charge in [-0.1, -0.05) is 13.0 Å². The van der Waals surface area contributed by atoms with Crippen LogP contribution in [-0.2, 0) is 6.18 Å². The largest absolute Gasteiger partial charge is 0.419 e. The SMILES string of the molecule is CCN.N#Cc1ccc2c(-c3nc(NC4CCC4)ncc3C(F)(F)F)c[nH]c2c1. The average molecular weight is 402 g/mol. The molecule has 0 spiro atoms. The Balaban J connectivity index is 0.000000755. The number of fused-ring (bicyclic) bond motifs is 1. The van der Waals surface area contributed by atoms with Crippen LogP contribution in [0.2, 0.25) is 0 Å². The summed E-state index contributed by atoms with van der Waals surface area (Å²) in [7, 11) is 0. The first-order chi connectivity index (χ1) is 13.9. The third kappa shape index (κ3) is 4.49. The Morgan fingerprint density at radius 2 is 2.07 bits per heavy atom. The number of alkyl halides is 3. The smallest absolute Gasteiger partial charge is 0.360 e. The number of rotatable bonds is 3. The van der Waals surface area contributed by atoms with Gasteiger partial charge in [-0.25, -0.2) is 9.97 Å². The quantitative estimate of drug-likeness (QED) is 0.601. The van der Waals surface area contributed by atoms with Crippen molar-refractivity contribution in [3.8, 4) is 17.3 Å². The summed E-state index contributed by atoms with van der Waals surface area (Å²) in [4.78, 5) is 10.9. The lowest BCUT2D eigenvalue weighted by Gasteiger charge is -2.26. The predicted molar refractivity (Wildman–Crippen MR) is 105 cm³/mol. The average Bonchev–Trinajstić information content (AvgIpc) is 3.07. The maximum Gasteiger partial charge on any atom is 0.419 e. The summed E-state index contributed by atoms with van der Waals surface area (Å²) in [6, 6.07) is 7.02. The minimum atomic E-state index is -4.57. The molecule has 1 aliphatic rings. The van der Waals surface area contributed by atoms with E-state index in [4.69, 9.17) is 11.0 Å². The first kappa shape index (κ1) is 20.6. The predicted octanol–water partition coefficient (Wildman–Crippen LogP) is 4.44. The molecule has 0 unspecified atom stereocenters. The molecule has 2 heterocycles. The molecule has 4 rings (SSSR count). The van der Waals surface area contributed by atoms with Gasteiger partial charge in [-0.15, -0.1) is 0 Å². The number of nitrogens with two attached hydrogens (primary N) is 1. The molecule has 2 aromatic heterocycles. The molecule has 1 saturated carbocycles. The number of H-pyrrole nitrogens is 1. The van der Waals surface area contributed by atoms with Crippen LogP contribution in [0.5, 0.6) is 0 Å². The molecule has 9 heteroatoms. The Morgan fingerprint density at radius 3 is 2.66 bits per heavy atom. The molecular weight excluding hydrogens is 381 g/mol. The highest BCUT2D eigenvalue weighted by atomic mass is 19.4. The lowest BCUT2D eigenvalue weighted by molar-refractivity contribution is -0.137. The van der Waals surface area contributed by atoms with Gasteiger partial charge >= 0.3 is 6.18 Å². The van der Waals surface area contributed by atoms with Gasteiger partial charge in [0, 0.05) is 34.9 Å². The zero-order valence-corrected chi connectivity index (χ0v) is 15.8. The Hall–Kier alpha value is -3.12. The molecule has 0 saturated heterocycles. The molecule has 0 atom stereocenters. The van der Waals surface area contributed by atoms with Crippen LogP contribution in [0.3, 0.4) is 0 Å². The van der Waals surface area contributed by atoms with Gasteiger partial charge in [-0.3, -0.25) is 0 Å². The monoisotopic (exact) mass is 402 g/mol. The summed E-state index contributed by atoms with van der Waals surface area (Å²) < 4.78 is 40.4. The van der Waals surface area contributed by atoms with E-state index >= 15 is 0 Å². The van der Waals surface area contributed by atoms with E-state index in [9.17, 15) is 13.2 Å². The molecule has 6 nitrogen and oxygen atoms in total. The zero-order chi connectivity index (χ0) is 21.0. The summed E-state index contributed by atoms with van der Waals surface area (Å²) in [6.07, 6.45) is 0.755. The van der Waals surface area contributed by atoms with Gasteiger partial charge in [0.15, 0.2) is 0 Å². The van der Waals surface area contributed by atoms with Crippen LogP contribution in [0.15, 0.2) is 30.6 Å².